The molecule has 1 N–H and O–H groups in total. The summed E-state index contributed by atoms with van der Waals surface area (Å²) in [6.07, 6.45) is 8.97. The van der Waals surface area contributed by atoms with Crippen LogP contribution in [0.15, 0.2) is 30.3 Å². The molecule has 1 aromatic rings. The highest BCUT2D eigenvalue weighted by Gasteiger charge is 2.41. The van der Waals surface area contributed by atoms with E-state index in [9.17, 15) is 4.79 Å². The molecule has 3 fully saturated rings. The number of piperidine rings is 1. The van der Waals surface area contributed by atoms with Gasteiger partial charge in [0.25, 0.3) is 0 Å². The van der Waals surface area contributed by atoms with E-state index in [2.05, 4.69) is 46.2 Å². The highest BCUT2D eigenvalue weighted by atomic mass is 33.1. The molecule has 27 heavy (non-hydrogen) atoms. The third kappa shape index (κ3) is 4.84. The van der Waals surface area contributed by atoms with E-state index in [-0.39, 0.29) is 12.0 Å². The number of hydrogen-bond donors (Lipinski definition) is 1. The van der Waals surface area contributed by atoms with Crippen molar-refractivity contribution >= 4 is 27.7 Å². The first-order chi connectivity index (χ1) is 13.3. The van der Waals surface area contributed by atoms with Gasteiger partial charge in [-0.2, -0.15) is 0 Å². The maximum atomic E-state index is 12.8. The van der Waals surface area contributed by atoms with Crippen LogP contribution in [0.3, 0.4) is 0 Å². The van der Waals surface area contributed by atoms with Crippen LogP contribution in [-0.4, -0.2) is 48.4 Å². The third-order valence-electron chi connectivity index (χ3n) is 6.14. The summed E-state index contributed by atoms with van der Waals surface area (Å²) in [7, 11) is 3.41. The lowest BCUT2D eigenvalue weighted by Gasteiger charge is -2.43. The summed E-state index contributed by atoms with van der Waals surface area (Å²) in [5.41, 5.74) is 1.43. The van der Waals surface area contributed by atoms with E-state index in [1.54, 1.807) is 21.8 Å². The number of benzene rings is 1. The highest BCUT2D eigenvalue weighted by Crippen LogP contribution is 2.39. The van der Waals surface area contributed by atoms with E-state index >= 15 is 0 Å². The normalized spacial score (nSPS) is 30.8. The molecule has 1 aliphatic heterocycles. The van der Waals surface area contributed by atoms with Crippen LogP contribution in [0.1, 0.15) is 50.0 Å². The van der Waals surface area contributed by atoms with Crippen molar-refractivity contribution in [1.82, 2.24) is 9.62 Å². The number of rotatable bonds is 8. The maximum Gasteiger partial charge on any atom is 0.226 e. The molecule has 2 saturated carbocycles. The summed E-state index contributed by atoms with van der Waals surface area (Å²) in [6, 6.07) is 11.2. The van der Waals surface area contributed by atoms with Crippen LogP contribution in [-0.2, 0) is 9.53 Å². The van der Waals surface area contributed by atoms with Crippen molar-refractivity contribution in [3.8, 4) is 0 Å². The number of carbonyl (C=O) groups excluding carboxylic acids is 1. The van der Waals surface area contributed by atoms with Gasteiger partial charge in [-0.05, 0) is 67.2 Å². The van der Waals surface area contributed by atoms with Gasteiger partial charge in [-0.15, -0.1) is 0 Å². The van der Waals surface area contributed by atoms with E-state index in [1.807, 2.05) is 0 Å². The molecule has 6 heteroatoms. The summed E-state index contributed by atoms with van der Waals surface area (Å²) in [4.78, 5) is 14.9. The molecule has 1 saturated heterocycles. The first-order valence-corrected chi connectivity index (χ1v) is 12.7. The molecule has 0 spiro atoms. The minimum absolute atomic E-state index is 0.169. The molecule has 3 aliphatic rings. The molecule has 2 aliphatic carbocycles. The van der Waals surface area contributed by atoms with Gasteiger partial charge >= 0.3 is 0 Å². The standard InChI is InChI=1S/C21H30N2O2S2/c1-26-27-22-19-8-5-11-23(21(24)16-9-10-16)20(19)14-25-18-12-17(13-18)15-6-3-2-4-7-15/h2-4,6-7,16-20,22H,5,8-14H2,1H3. The molecule has 1 amide bonds. The van der Waals surface area contributed by atoms with Crippen molar-refractivity contribution < 1.29 is 9.53 Å². The van der Waals surface area contributed by atoms with Crippen molar-refractivity contribution in [1.29, 1.82) is 0 Å². The van der Waals surface area contributed by atoms with Gasteiger partial charge in [0.2, 0.25) is 5.91 Å². The van der Waals surface area contributed by atoms with Gasteiger partial charge in [0.15, 0.2) is 0 Å². The lowest BCUT2D eigenvalue weighted by atomic mass is 9.77. The second-order valence-corrected chi connectivity index (χ2v) is 10.3. The van der Waals surface area contributed by atoms with Crippen LogP contribution in [0.2, 0.25) is 0 Å². The number of likely N-dealkylation sites (tertiary alicyclic amines) is 1. The van der Waals surface area contributed by atoms with Crippen molar-refractivity contribution in [3.05, 3.63) is 35.9 Å². The van der Waals surface area contributed by atoms with Gasteiger partial charge in [0.1, 0.15) is 0 Å². The van der Waals surface area contributed by atoms with Gasteiger partial charge < -0.3 is 9.64 Å². The van der Waals surface area contributed by atoms with Crippen LogP contribution in [0.4, 0.5) is 0 Å². The van der Waals surface area contributed by atoms with Crippen molar-refractivity contribution in [2.75, 3.05) is 19.4 Å². The number of nitrogens with zero attached hydrogens (tertiary/aromatic N) is 1. The molecular weight excluding hydrogens is 376 g/mol. The smallest absolute Gasteiger partial charge is 0.226 e. The molecule has 1 heterocycles. The molecular formula is C21H30N2O2S2. The summed E-state index contributed by atoms with van der Waals surface area (Å²) in [5.74, 6) is 1.28. The van der Waals surface area contributed by atoms with Crippen molar-refractivity contribution in [3.63, 3.8) is 0 Å². The largest absolute Gasteiger partial charge is 0.376 e. The van der Waals surface area contributed by atoms with Crippen molar-refractivity contribution in [2.45, 2.75) is 62.6 Å². The van der Waals surface area contributed by atoms with Crippen LogP contribution in [0.5, 0.6) is 0 Å². The molecule has 1 aromatic carbocycles. The first kappa shape index (κ1) is 19.6. The van der Waals surface area contributed by atoms with Crippen LogP contribution >= 0.6 is 21.8 Å². The Morgan fingerprint density at radius 2 is 2.00 bits per heavy atom. The fourth-order valence-corrected chi connectivity index (χ4v) is 5.44. The second-order valence-electron chi connectivity index (χ2n) is 8.02. The SMILES string of the molecule is CSSNC1CCCN(C(=O)C2CC2)C1COC1CC(c2ccccc2)C1. The predicted octanol–water partition coefficient (Wildman–Crippen LogP) is 4.23. The fraction of sp³-hybridized carbons (Fsp3) is 0.667. The molecule has 2 unspecified atom stereocenters. The molecule has 148 valence electrons. The van der Waals surface area contributed by atoms with Gasteiger partial charge in [-0.3, -0.25) is 4.79 Å². The van der Waals surface area contributed by atoms with Crippen LogP contribution in [0.25, 0.3) is 0 Å². The topological polar surface area (TPSA) is 41.6 Å². The second kappa shape index (κ2) is 9.21. The van der Waals surface area contributed by atoms with E-state index in [4.69, 9.17) is 4.74 Å². The number of carbonyl (C=O) groups is 1. The number of nitrogens with one attached hydrogen (secondary N) is 1. The quantitative estimate of drug-likeness (QED) is 0.517. The zero-order valence-electron chi connectivity index (χ0n) is 16.0. The van der Waals surface area contributed by atoms with Gasteiger partial charge in [0.05, 0.1) is 18.8 Å². The number of hydrogen-bond acceptors (Lipinski definition) is 5. The van der Waals surface area contributed by atoms with E-state index in [0.717, 1.165) is 45.1 Å². The van der Waals surface area contributed by atoms with Gasteiger partial charge in [0, 0.05) is 18.5 Å². The molecule has 0 aromatic heterocycles. The lowest BCUT2D eigenvalue weighted by molar-refractivity contribution is -0.140. The zero-order chi connectivity index (χ0) is 18.6. The molecule has 4 rings (SSSR count). The molecule has 0 bridgehead atoms. The van der Waals surface area contributed by atoms with Crippen LogP contribution in [0, 0.1) is 5.92 Å². The van der Waals surface area contributed by atoms with Gasteiger partial charge in [-0.1, -0.05) is 41.1 Å². The Kier molecular flexibility index (Phi) is 6.69. The Bertz CT molecular complexity index is 620. The summed E-state index contributed by atoms with van der Waals surface area (Å²) >= 11 is 0. The number of amides is 1. The Hall–Kier alpha value is -0.690. The zero-order valence-corrected chi connectivity index (χ0v) is 17.6. The summed E-state index contributed by atoms with van der Waals surface area (Å²) < 4.78 is 9.88. The minimum atomic E-state index is 0.169. The summed E-state index contributed by atoms with van der Waals surface area (Å²) in [5, 5.41) is 0. The molecule has 2 atom stereocenters. The predicted molar refractivity (Wildman–Crippen MR) is 114 cm³/mol. The average molecular weight is 407 g/mol. The molecule has 4 nitrogen and oxygen atoms in total. The van der Waals surface area contributed by atoms with E-state index in [1.165, 1.54) is 5.56 Å². The van der Waals surface area contributed by atoms with E-state index in [0.29, 0.717) is 30.6 Å². The Morgan fingerprint density at radius 3 is 2.70 bits per heavy atom. The maximum absolute atomic E-state index is 12.8. The first-order valence-electron chi connectivity index (χ1n) is 10.2. The molecule has 0 radical (unpaired) electrons. The highest BCUT2D eigenvalue weighted by molar-refractivity contribution is 8.75. The fourth-order valence-electron chi connectivity index (χ4n) is 4.28. The Balaban J connectivity index is 1.32. The Morgan fingerprint density at radius 1 is 1.22 bits per heavy atom. The van der Waals surface area contributed by atoms with E-state index < -0.39 is 0 Å². The van der Waals surface area contributed by atoms with Gasteiger partial charge in [-0.25, -0.2) is 4.72 Å². The van der Waals surface area contributed by atoms with Crippen molar-refractivity contribution in [2.24, 2.45) is 5.92 Å². The number of ether oxygens (including phenoxy) is 1. The monoisotopic (exact) mass is 406 g/mol. The Labute approximate surface area is 170 Å². The summed E-state index contributed by atoms with van der Waals surface area (Å²) in [6.45, 7) is 1.56. The lowest BCUT2D eigenvalue weighted by Crippen LogP contribution is -2.57. The minimum Gasteiger partial charge on any atom is -0.376 e. The average Bonchev–Trinajstić information content (AvgIpc) is 3.51. The third-order valence-corrected chi connectivity index (χ3v) is 7.49. The van der Waals surface area contributed by atoms with Crippen LogP contribution < -0.4 is 4.72 Å².